The molecule has 2 aromatic carbocycles. The number of halogens is 1. The smallest absolute Gasteiger partial charge is 0.258 e. The number of hydrogen-bond donors (Lipinski definition) is 2. The van der Waals surface area contributed by atoms with Gasteiger partial charge in [0.15, 0.2) is 0 Å². The molecule has 3 aromatic rings. The largest absolute Gasteiger partial charge is 0.309 e. The number of nitrogens with zero attached hydrogens (tertiary/aromatic N) is 1. The van der Waals surface area contributed by atoms with Crippen molar-refractivity contribution in [2.45, 2.75) is 19.5 Å². The fourth-order valence-corrected chi connectivity index (χ4v) is 2.46. The van der Waals surface area contributed by atoms with Gasteiger partial charge in [0.1, 0.15) is 5.82 Å². The lowest BCUT2D eigenvalue weighted by atomic mass is 10.1. The molecule has 1 heterocycles. The lowest BCUT2D eigenvalue weighted by molar-refractivity contribution is 0.559. The van der Waals surface area contributed by atoms with Crippen LogP contribution in [-0.4, -0.2) is 9.97 Å². The first kappa shape index (κ1) is 14.8. The minimum Gasteiger partial charge on any atom is -0.309 e. The van der Waals surface area contributed by atoms with Gasteiger partial charge in [0.25, 0.3) is 5.56 Å². The van der Waals surface area contributed by atoms with Gasteiger partial charge in [0.05, 0.1) is 17.4 Å². The summed E-state index contributed by atoms with van der Waals surface area (Å²) in [5, 5.41) is 4.68. The molecule has 1 aromatic heterocycles. The minimum absolute atomic E-state index is 0.110. The molecule has 0 saturated heterocycles. The highest BCUT2D eigenvalue weighted by molar-refractivity contribution is 6.30. The number of nitrogens with one attached hydrogen (secondary N) is 2. The molecule has 0 bridgehead atoms. The van der Waals surface area contributed by atoms with Crippen LogP contribution in [0.3, 0.4) is 0 Å². The van der Waals surface area contributed by atoms with Crippen LogP contribution in [0.4, 0.5) is 0 Å². The van der Waals surface area contributed by atoms with Gasteiger partial charge in [-0.3, -0.25) is 4.79 Å². The Hall–Kier alpha value is -2.17. The van der Waals surface area contributed by atoms with Crippen LogP contribution in [0.1, 0.15) is 24.4 Å². The second kappa shape index (κ2) is 6.30. The van der Waals surface area contributed by atoms with E-state index in [0.29, 0.717) is 23.3 Å². The number of aromatic nitrogens is 2. The molecule has 112 valence electrons. The molecular weight excluding hydrogens is 298 g/mol. The van der Waals surface area contributed by atoms with Gasteiger partial charge in [-0.25, -0.2) is 4.98 Å². The molecule has 0 amide bonds. The maximum absolute atomic E-state index is 12.0. The molecule has 0 fully saturated rings. The molecule has 1 unspecified atom stereocenters. The molecule has 0 aliphatic carbocycles. The van der Waals surface area contributed by atoms with Crippen molar-refractivity contribution in [3.63, 3.8) is 0 Å². The molecule has 0 radical (unpaired) electrons. The van der Waals surface area contributed by atoms with Crippen molar-refractivity contribution in [1.82, 2.24) is 15.3 Å². The fraction of sp³-hybridized carbons (Fsp3) is 0.176. The van der Waals surface area contributed by atoms with Gasteiger partial charge >= 0.3 is 0 Å². The SMILES string of the molecule is CC(NCc1nc2ccccc2c(=O)[nH]1)c1ccc(Cl)cc1. The van der Waals surface area contributed by atoms with Gasteiger partial charge in [-0.2, -0.15) is 0 Å². The summed E-state index contributed by atoms with van der Waals surface area (Å²) >= 11 is 5.89. The zero-order valence-corrected chi connectivity index (χ0v) is 12.9. The van der Waals surface area contributed by atoms with Crippen molar-refractivity contribution in [3.05, 3.63) is 75.3 Å². The van der Waals surface area contributed by atoms with E-state index in [-0.39, 0.29) is 11.6 Å². The zero-order valence-electron chi connectivity index (χ0n) is 12.1. The standard InChI is InChI=1S/C17H16ClN3O/c1-11(12-6-8-13(18)9-7-12)19-10-16-20-15-5-3-2-4-14(15)17(22)21-16/h2-9,11,19H,10H2,1H3,(H,20,21,22). The van der Waals surface area contributed by atoms with E-state index >= 15 is 0 Å². The fourth-order valence-electron chi connectivity index (χ4n) is 2.34. The summed E-state index contributed by atoms with van der Waals surface area (Å²) in [6.45, 7) is 2.55. The summed E-state index contributed by atoms with van der Waals surface area (Å²) in [4.78, 5) is 19.3. The Labute approximate surface area is 133 Å². The van der Waals surface area contributed by atoms with E-state index in [0.717, 1.165) is 10.6 Å². The number of para-hydroxylation sites is 1. The van der Waals surface area contributed by atoms with Crippen molar-refractivity contribution in [3.8, 4) is 0 Å². The van der Waals surface area contributed by atoms with Gasteiger partial charge in [0, 0.05) is 11.1 Å². The molecule has 0 aliphatic rings. The van der Waals surface area contributed by atoms with E-state index in [1.807, 2.05) is 42.5 Å². The molecule has 0 saturated carbocycles. The van der Waals surface area contributed by atoms with Crippen LogP contribution in [0.25, 0.3) is 10.9 Å². The molecule has 0 spiro atoms. The molecule has 2 N–H and O–H groups in total. The first-order chi connectivity index (χ1) is 10.6. The Morgan fingerprint density at radius 3 is 2.68 bits per heavy atom. The Balaban J connectivity index is 1.76. The Morgan fingerprint density at radius 2 is 1.91 bits per heavy atom. The van der Waals surface area contributed by atoms with E-state index in [1.165, 1.54) is 0 Å². The number of rotatable bonds is 4. The Kier molecular flexibility index (Phi) is 4.22. The predicted octanol–water partition coefficient (Wildman–Crippen LogP) is 3.43. The van der Waals surface area contributed by atoms with Crippen LogP contribution in [-0.2, 0) is 6.54 Å². The van der Waals surface area contributed by atoms with Crippen LogP contribution >= 0.6 is 11.6 Å². The predicted molar refractivity (Wildman–Crippen MR) is 89.1 cm³/mol. The summed E-state index contributed by atoms with van der Waals surface area (Å²) in [6.07, 6.45) is 0. The van der Waals surface area contributed by atoms with Crippen molar-refractivity contribution in [2.75, 3.05) is 0 Å². The second-order valence-corrected chi connectivity index (χ2v) is 5.62. The van der Waals surface area contributed by atoms with Gasteiger partial charge in [0.2, 0.25) is 0 Å². The molecule has 5 heteroatoms. The van der Waals surface area contributed by atoms with E-state index in [4.69, 9.17) is 11.6 Å². The normalized spacial score (nSPS) is 12.5. The highest BCUT2D eigenvalue weighted by Gasteiger charge is 2.07. The van der Waals surface area contributed by atoms with Gasteiger partial charge in [-0.05, 0) is 36.8 Å². The number of benzene rings is 2. The molecule has 22 heavy (non-hydrogen) atoms. The Morgan fingerprint density at radius 1 is 1.18 bits per heavy atom. The lowest BCUT2D eigenvalue weighted by Gasteiger charge is -2.14. The topological polar surface area (TPSA) is 57.8 Å². The third-order valence-electron chi connectivity index (χ3n) is 3.61. The molecule has 4 nitrogen and oxygen atoms in total. The number of hydrogen-bond acceptors (Lipinski definition) is 3. The van der Waals surface area contributed by atoms with Gasteiger partial charge in [-0.1, -0.05) is 35.9 Å². The van der Waals surface area contributed by atoms with Crippen molar-refractivity contribution < 1.29 is 0 Å². The van der Waals surface area contributed by atoms with Crippen LogP contribution in [0.2, 0.25) is 5.02 Å². The molecule has 0 aliphatic heterocycles. The summed E-state index contributed by atoms with van der Waals surface area (Å²) < 4.78 is 0. The second-order valence-electron chi connectivity index (χ2n) is 5.18. The summed E-state index contributed by atoms with van der Waals surface area (Å²) in [5.41, 5.74) is 1.73. The monoisotopic (exact) mass is 313 g/mol. The number of H-pyrrole nitrogens is 1. The highest BCUT2D eigenvalue weighted by Crippen LogP contribution is 2.16. The van der Waals surface area contributed by atoms with Gasteiger partial charge < -0.3 is 10.3 Å². The maximum Gasteiger partial charge on any atom is 0.258 e. The quantitative estimate of drug-likeness (QED) is 0.776. The van der Waals surface area contributed by atoms with Crippen molar-refractivity contribution >= 4 is 22.5 Å². The number of aromatic amines is 1. The third-order valence-corrected chi connectivity index (χ3v) is 3.86. The van der Waals surface area contributed by atoms with Crippen LogP contribution < -0.4 is 10.9 Å². The zero-order chi connectivity index (χ0) is 15.5. The van der Waals surface area contributed by atoms with Crippen molar-refractivity contribution in [2.24, 2.45) is 0 Å². The lowest BCUT2D eigenvalue weighted by Crippen LogP contribution is -2.22. The molecule has 1 atom stereocenters. The van der Waals surface area contributed by atoms with E-state index in [9.17, 15) is 4.79 Å². The summed E-state index contributed by atoms with van der Waals surface area (Å²) in [6, 6.07) is 15.2. The van der Waals surface area contributed by atoms with Crippen molar-refractivity contribution in [1.29, 1.82) is 0 Å². The summed E-state index contributed by atoms with van der Waals surface area (Å²) in [5.74, 6) is 0.629. The third kappa shape index (κ3) is 3.18. The van der Waals surface area contributed by atoms with E-state index < -0.39 is 0 Å². The maximum atomic E-state index is 12.0. The average Bonchev–Trinajstić information content (AvgIpc) is 2.53. The van der Waals surface area contributed by atoms with Crippen LogP contribution in [0, 0.1) is 0 Å². The Bertz CT molecular complexity index is 842. The first-order valence-corrected chi connectivity index (χ1v) is 7.48. The van der Waals surface area contributed by atoms with Gasteiger partial charge in [-0.15, -0.1) is 0 Å². The summed E-state index contributed by atoms with van der Waals surface area (Å²) in [7, 11) is 0. The van der Waals surface area contributed by atoms with Crippen LogP contribution in [0.5, 0.6) is 0 Å². The molecular formula is C17H16ClN3O. The average molecular weight is 314 g/mol. The highest BCUT2D eigenvalue weighted by atomic mass is 35.5. The first-order valence-electron chi connectivity index (χ1n) is 7.10. The van der Waals surface area contributed by atoms with E-state index in [1.54, 1.807) is 6.07 Å². The number of fused-ring (bicyclic) bond motifs is 1. The molecule has 3 rings (SSSR count). The van der Waals surface area contributed by atoms with E-state index in [2.05, 4.69) is 22.2 Å². The minimum atomic E-state index is -0.110. The van der Waals surface area contributed by atoms with Crippen LogP contribution in [0.15, 0.2) is 53.3 Å².